The van der Waals surface area contributed by atoms with Gasteiger partial charge >= 0.3 is 0 Å². The predicted octanol–water partition coefficient (Wildman–Crippen LogP) is 0.269. The molecule has 2 aromatic rings. The van der Waals surface area contributed by atoms with E-state index in [1.54, 1.807) is 6.20 Å². The average Bonchev–Trinajstić information content (AvgIpc) is 2.74. The lowest BCUT2D eigenvalue weighted by atomic mass is 10.3. The number of hydrogen-bond acceptors (Lipinski definition) is 5. The molecule has 0 fully saturated rings. The van der Waals surface area contributed by atoms with Crippen LogP contribution in [0.5, 0.6) is 0 Å². The molecule has 2 aromatic heterocycles. The molecular weight excluding hydrogens is 182 g/mol. The Labute approximate surface area is 80.5 Å². The first kappa shape index (κ1) is 8.89. The summed E-state index contributed by atoms with van der Waals surface area (Å²) in [5.41, 5.74) is 7.15. The largest absolute Gasteiger partial charge is 0.339 e. The molecule has 0 aliphatic rings. The first-order valence-electron chi connectivity index (χ1n) is 4.34. The smallest absolute Gasteiger partial charge is 0.228 e. The van der Waals surface area contributed by atoms with Crippen molar-refractivity contribution in [2.24, 2.45) is 5.73 Å². The summed E-state index contributed by atoms with van der Waals surface area (Å²) in [5, 5.41) is 10.5. The van der Waals surface area contributed by atoms with Crippen LogP contribution in [0.15, 0.2) is 10.7 Å². The highest BCUT2D eigenvalue weighted by Crippen LogP contribution is 2.16. The van der Waals surface area contributed by atoms with Crippen LogP contribution in [0, 0.1) is 6.92 Å². The van der Waals surface area contributed by atoms with Gasteiger partial charge in [-0.05, 0) is 12.5 Å². The molecule has 0 saturated carbocycles. The van der Waals surface area contributed by atoms with Crippen LogP contribution < -0.4 is 5.73 Å². The zero-order chi connectivity index (χ0) is 9.97. The Balaban J connectivity index is 2.29. The Morgan fingerprint density at radius 2 is 2.43 bits per heavy atom. The molecule has 0 bridgehead atoms. The van der Waals surface area contributed by atoms with E-state index in [0.29, 0.717) is 24.7 Å². The van der Waals surface area contributed by atoms with Crippen molar-refractivity contribution in [2.45, 2.75) is 13.3 Å². The van der Waals surface area contributed by atoms with Crippen LogP contribution in [0.3, 0.4) is 0 Å². The molecule has 3 N–H and O–H groups in total. The number of H-pyrrole nitrogens is 1. The fourth-order valence-electron chi connectivity index (χ4n) is 1.15. The van der Waals surface area contributed by atoms with Gasteiger partial charge in [0.05, 0.1) is 6.20 Å². The predicted molar refractivity (Wildman–Crippen MR) is 49.4 cm³/mol. The van der Waals surface area contributed by atoms with E-state index in [1.807, 2.05) is 6.92 Å². The highest BCUT2D eigenvalue weighted by molar-refractivity contribution is 5.52. The Kier molecular flexibility index (Phi) is 2.28. The average molecular weight is 193 g/mol. The third-order valence-corrected chi connectivity index (χ3v) is 1.88. The van der Waals surface area contributed by atoms with E-state index in [2.05, 4.69) is 20.3 Å². The van der Waals surface area contributed by atoms with Gasteiger partial charge in [-0.2, -0.15) is 10.1 Å². The van der Waals surface area contributed by atoms with Gasteiger partial charge in [0.1, 0.15) is 5.69 Å². The van der Waals surface area contributed by atoms with Gasteiger partial charge < -0.3 is 10.3 Å². The van der Waals surface area contributed by atoms with Crippen LogP contribution in [0.25, 0.3) is 11.5 Å². The maximum absolute atomic E-state index is 5.37. The van der Waals surface area contributed by atoms with Crippen molar-refractivity contribution in [2.75, 3.05) is 6.54 Å². The summed E-state index contributed by atoms with van der Waals surface area (Å²) in [5.74, 6) is 1.08. The molecule has 14 heavy (non-hydrogen) atoms. The highest BCUT2D eigenvalue weighted by atomic mass is 16.5. The normalized spacial score (nSPS) is 10.7. The highest BCUT2D eigenvalue weighted by Gasteiger charge is 2.11. The first-order chi connectivity index (χ1) is 6.81. The topological polar surface area (TPSA) is 93.6 Å². The van der Waals surface area contributed by atoms with Gasteiger partial charge in [0.15, 0.2) is 0 Å². The first-order valence-corrected chi connectivity index (χ1v) is 4.34. The molecule has 0 atom stereocenters. The minimum absolute atomic E-state index is 0.504. The van der Waals surface area contributed by atoms with Crippen molar-refractivity contribution in [3.63, 3.8) is 0 Å². The van der Waals surface area contributed by atoms with Crippen LogP contribution in [-0.4, -0.2) is 26.9 Å². The van der Waals surface area contributed by atoms with Gasteiger partial charge in [-0.15, -0.1) is 0 Å². The molecule has 0 radical (unpaired) electrons. The number of nitrogens with zero attached hydrogens (tertiary/aromatic N) is 3. The Hall–Kier alpha value is -1.69. The van der Waals surface area contributed by atoms with E-state index in [-0.39, 0.29) is 0 Å². The van der Waals surface area contributed by atoms with Crippen molar-refractivity contribution >= 4 is 0 Å². The van der Waals surface area contributed by atoms with Crippen LogP contribution in [0.4, 0.5) is 0 Å². The van der Waals surface area contributed by atoms with Gasteiger partial charge in [0, 0.05) is 13.0 Å². The van der Waals surface area contributed by atoms with Gasteiger partial charge in [0.25, 0.3) is 0 Å². The van der Waals surface area contributed by atoms with Crippen LogP contribution >= 0.6 is 0 Å². The van der Waals surface area contributed by atoms with E-state index in [9.17, 15) is 0 Å². The maximum Gasteiger partial charge on any atom is 0.228 e. The fraction of sp³-hybridized carbons (Fsp3) is 0.375. The van der Waals surface area contributed by atoms with Crippen molar-refractivity contribution in [1.29, 1.82) is 0 Å². The second-order valence-electron chi connectivity index (χ2n) is 2.98. The maximum atomic E-state index is 5.37. The lowest BCUT2D eigenvalue weighted by Gasteiger charge is -1.88. The molecule has 0 amide bonds. The molecule has 0 saturated heterocycles. The van der Waals surface area contributed by atoms with E-state index < -0.39 is 0 Å². The lowest BCUT2D eigenvalue weighted by molar-refractivity contribution is 0.380. The summed E-state index contributed by atoms with van der Waals surface area (Å²) >= 11 is 0. The molecule has 0 aliphatic heterocycles. The van der Waals surface area contributed by atoms with Gasteiger partial charge in [-0.25, -0.2) is 0 Å². The summed E-state index contributed by atoms with van der Waals surface area (Å²) in [4.78, 5) is 4.17. The number of nitrogens with two attached hydrogens (primary N) is 1. The van der Waals surface area contributed by atoms with Gasteiger partial charge in [-0.1, -0.05) is 5.16 Å². The zero-order valence-corrected chi connectivity index (χ0v) is 7.82. The molecule has 6 heteroatoms. The molecule has 74 valence electrons. The molecule has 2 rings (SSSR count). The van der Waals surface area contributed by atoms with Crippen molar-refractivity contribution < 1.29 is 4.52 Å². The van der Waals surface area contributed by atoms with E-state index in [4.69, 9.17) is 10.3 Å². The zero-order valence-electron chi connectivity index (χ0n) is 7.82. The Morgan fingerprint density at radius 1 is 1.57 bits per heavy atom. The van der Waals surface area contributed by atoms with E-state index in [0.717, 1.165) is 11.3 Å². The Morgan fingerprint density at radius 3 is 3.07 bits per heavy atom. The molecule has 0 unspecified atom stereocenters. The molecule has 0 aliphatic carbocycles. The molecular formula is C8H11N5O. The van der Waals surface area contributed by atoms with Crippen molar-refractivity contribution in [1.82, 2.24) is 20.3 Å². The molecule has 0 spiro atoms. The molecule has 6 nitrogen and oxygen atoms in total. The number of nitrogens with one attached hydrogen (secondary N) is 1. The minimum atomic E-state index is 0.504. The van der Waals surface area contributed by atoms with Gasteiger partial charge in [-0.3, -0.25) is 5.10 Å². The Bertz CT molecular complexity index is 419. The monoisotopic (exact) mass is 193 g/mol. The van der Waals surface area contributed by atoms with E-state index in [1.165, 1.54) is 0 Å². The minimum Gasteiger partial charge on any atom is -0.339 e. The lowest BCUT2D eigenvalue weighted by Crippen LogP contribution is -2.02. The number of aromatic nitrogens is 4. The van der Waals surface area contributed by atoms with Crippen molar-refractivity contribution in [3.8, 4) is 11.5 Å². The second-order valence-corrected chi connectivity index (χ2v) is 2.98. The summed E-state index contributed by atoms with van der Waals surface area (Å²) in [7, 11) is 0. The van der Waals surface area contributed by atoms with Crippen LogP contribution in [-0.2, 0) is 6.42 Å². The second kappa shape index (κ2) is 3.59. The SMILES string of the molecule is Cc1cn[nH]c1-c1noc(CCN)n1. The standard InChI is InChI=1S/C8H11N5O/c1-5-4-10-12-7(5)8-11-6(2-3-9)14-13-8/h4H,2-3,9H2,1H3,(H,10,12). The van der Waals surface area contributed by atoms with Crippen LogP contribution in [0.2, 0.25) is 0 Å². The number of aryl methyl sites for hydroxylation is 1. The van der Waals surface area contributed by atoms with E-state index >= 15 is 0 Å². The fourth-order valence-corrected chi connectivity index (χ4v) is 1.15. The summed E-state index contributed by atoms with van der Waals surface area (Å²) in [6.45, 7) is 2.43. The van der Waals surface area contributed by atoms with Crippen molar-refractivity contribution in [3.05, 3.63) is 17.7 Å². The quantitative estimate of drug-likeness (QED) is 0.729. The molecule has 2 heterocycles. The molecule has 0 aromatic carbocycles. The number of hydrogen-bond donors (Lipinski definition) is 2. The van der Waals surface area contributed by atoms with Crippen LogP contribution in [0.1, 0.15) is 11.5 Å². The summed E-state index contributed by atoms with van der Waals surface area (Å²) < 4.78 is 4.99. The summed E-state index contributed by atoms with van der Waals surface area (Å²) in [6.07, 6.45) is 2.31. The number of aromatic amines is 1. The number of rotatable bonds is 3. The third kappa shape index (κ3) is 1.51. The third-order valence-electron chi connectivity index (χ3n) is 1.88. The summed E-state index contributed by atoms with van der Waals surface area (Å²) in [6, 6.07) is 0. The van der Waals surface area contributed by atoms with Gasteiger partial charge in [0.2, 0.25) is 11.7 Å².